The number of rotatable bonds is 0. The summed E-state index contributed by atoms with van der Waals surface area (Å²) in [6, 6.07) is 0. The molecule has 2 heterocycles. The second-order valence-corrected chi connectivity index (χ2v) is 2.39. The third-order valence-corrected chi connectivity index (χ3v) is 2.05. The normalized spacial score (nSPS) is 35.6. The quantitative estimate of drug-likeness (QED) is 0.310. The first kappa shape index (κ1) is 3.83. The molecule has 0 aromatic carbocycles. The molecule has 0 aliphatic carbocycles. The molecule has 7 heavy (non-hydrogen) atoms. The molecule has 0 spiro atoms. The van der Waals surface area contributed by atoms with Gasteiger partial charge in [0.1, 0.15) is 26.2 Å². The predicted octanol–water partition coefficient (Wildman–Crippen LogP) is -1.08. The predicted molar refractivity (Wildman–Crippen MR) is 25.8 cm³/mol. The Balaban J connectivity index is 2.12. The van der Waals surface area contributed by atoms with E-state index in [4.69, 9.17) is 5.84 Å². The first-order valence-corrected chi connectivity index (χ1v) is 2.72. The zero-order valence-electron chi connectivity index (χ0n) is 4.30. The van der Waals surface area contributed by atoms with Crippen molar-refractivity contribution in [1.82, 2.24) is 5.01 Å². The minimum absolute atomic E-state index is 0.750. The number of nitrogens with two attached hydrogens (primary N) is 1. The topological polar surface area (TPSA) is 29.3 Å². The Kier molecular flexibility index (Phi) is 0.462. The molecular formula is C4H10N3+. The molecule has 0 saturated carbocycles. The molecule has 2 saturated heterocycles. The molecule has 0 atom stereocenters. The lowest BCUT2D eigenvalue weighted by molar-refractivity contribution is -1.13. The van der Waals surface area contributed by atoms with Crippen molar-refractivity contribution in [2.24, 2.45) is 5.84 Å². The van der Waals surface area contributed by atoms with E-state index in [0.717, 1.165) is 4.70 Å². The van der Waals surface area contributed by atoms with Gasteiger partial charge >= 0.3 is 0 Å². The molecule has 0 amide bonds. The van der Waals surface area contributed by atoms with Crippen LogP contribution in [-0.4, -0.2) is 35.9 Å². The van der Waals surface area contributed by atoms with E-state index >= 15 is 0 Å². The standard InChI is InChI=1S/C4H10N3/c5-7-3-1-6(7)2-4-7/h1-5H2/q+1. The number of quaternary nitrogens is 1. The summed E-state index contributed by atoms with van der Waals surface area (Å²) in [5.41, 5.74) is 0. The molecule has 2 fully saturated rings. The molecule has 0 aromatic rings. The molecule has 3 nitrogen and oxygen atoms in total. The van der Waals surface area contributed by atoms with Crippen molar-refractivity contribution in [2.75, 3.05) is 26.2 Å². The van der Waals surface area contributed by atoms with Gasteiger partial charge in [-0.1, -0.05) is 0 Å². The van der Waals surface area contributed by atoms with Crippen molar-refractivity contribution in [3.63, 3.8) is 0 Å². The highest BCUT2D eigenvalue weighted by atomic mass is 16.0. The highest BCUT2D eigenvalue weighted by Gasteiger charge is 2.50. The molecule has 0 unspecified atom stereocenters. The van der Waals surface area contributed by atoms with Crippen LogP contribution in [0.2, 0.25) is 0 Å². The Morgan fingerprint density at radius 1 is 1.29 bits per heavy atom. The number of piperazine rings is 1. The van der Waals surface area contributed by atoms with Gasteiger partial charge in [0.15, 0.2) is 0 Å². The van der Waals surface area contributed by atoms with E-state index in [-0.39, 0.29) is 0 Å². The maximum Gasteiger partial charge on any atom is 0.133 e. The number of nitrogens with zero attached hydrogens (tertiary/aromatic N) is 2. The van der Waals surface area contributed by atoms with Gasteiger partial charge in [0.25, 0.3) is 0 Å². The molecule has 2 N–H and O–H groups in total. The average Bonchev–Trinajstić information content (AvgIpc) is 1.67. The van der Waals surface area contributed by atoms with Crippen LogP contribution in [0.25, 0.3) is 0 Å². The fraction of sp³-hybridized carbons (Fsp3) is 1.00. The van der Waals surface area contributed by atoms with Gasteiger partial charge in [0.2, 0.25) is 0 Å². The molecule has 2 aliphatic heterocycles. The Morgan fingerprint density at radius 3 is 1.71 bits per heavy atom. The molecule has 40 valence electrons. The maximum atomic E-state index is 5.72. The fourth-order valence-electron chi connectivity index (χ4n) is 1.22. The number of fused-ring (bicyclic) bond motifs is 1. The van der Waals surface area contributed by atoms with E-state index in [1.807, 2.05) is 0 Å². The van der Waals surface area contributed by atoms with E-state index in [1.165, 1.54) is 26.2 Å². The summed E-state index contributed by atoms with van der Waals surface area (Å²) in [5.74, 6) is 5.72. The molecular weight excluding hydrogens is 90.1 g/mol. The van der Waals surface area contributed by atoms with Crippen LogP contribution in [0.1, 0.15) is 0 Å². The van der Waals surface area contributed by atoms with Gasteiger partial charge in [-0.25, -0.2) is 0 Å². The Hall–Kier alpha value is -0.120. The summed E-state index contributed by atoms with van der Waals surface area (Å²) in [5, 5.41) is 2.26. The third-order valence-electron chi connectivity index (χ3n) is 2.05. The van der Waals surface area contributed by atoms with Crippen molar-refractivity contribution < 1.29 is 4.70 Å². The monoisotopic (exact) mass is 100 g/mol. The van der Waals surface area contributed by atoms with Crippen LogP contribution in [0, 0.1) is 0 Å². The first-order valence-electron chi connectivity index (χ1n) is 2.72. The van der Waals surface area contributed by atoms with Crippen LogP contribution >= 0.6 is 0 Å². The second-order valence-electron chi connectivity index (χ2n) is 2.39. The van der Waals surface area contributed by atoms with E-state index in [2.05, 4.69) is 5.01 Å². The largest absolute Gasteiger partial charge is 0.168 e. The molecule has 0 bridgehead atoms. The van der Waals surface area contributed by atoms with Gasteiger partial charge in [0, 0.05) is 0 Å². The highest BCUT2D eigenvalue weighted by Crippen LogP contribution is 2.23. The van der Waals surface area contributed by atoms with E-state index in [0.29, 0.717) is 0 Å². The maximum absolute atomic E-state index is 5.72. The average molecular weight is 100 g/mol. The van der Waals surface area contributed by atoms with Gasteiger partial charge < -0.3 is 0 Å². The van der Waals surface area contributed by atoms with Gasteiger partial charge in [-0.2, -0.15) is 10.5 Å². The van der Waals surface area contributed by atoms with Crippen LogP contribution in [0.4, 0.5) is 0 Å². The van der Waals surface area contributed by atoms with Crippen LogP contribution in [0.5, 0.6) is 0 Å². The Bertz CT molecular complexity index is 93.1. The van der Waals surface area contributed by atoms with Crippen LogP contribution in [0.3, 0.4) is 0 Å². The van der Waals surface area contributed by atoms with Gasteiger partial charge in [-0.05, 0) is 0 Å². The minimum atomic E-state index is 0.750. The zero-order valence-corrected chi connectivity index (χ0v) is 4.30. The fourth-order valence-corrected chi connectivity index (χ4v) is 1.22. The van der Waals surface area contributed by atoms with Crippen molar-refractivity contribution >= 4 is 0 Å². The van der Waals surface area contributed by atoms with E-state index in [1.54, 1.807) is 0 Å². The van der Waals surface area contributed by atoms with Crippen LogP contribution in [0.15, 0.2) is 0 Å². The summed E-state index contributed by atoms with van der Waals surface area (Å²) in [4.78, 5) is 0. The lowest BCUT2D eigenvalue weighted by Gasteiger charge is -2.56. The molecule has 0 radical (unpaired) electrons. The summed E-state index contributed by atoms with van der Waals surface area (Å²) < 4.78 is 0.750. The van der Waals surface area contributed by atoms with Gasteiger partial charge in [0.05, 0.1) is 0 Å². The van der Waals surface area contributed by atoms with Gasteiger partial charge in [-0.3, -0.25) is 0 Å². The molecule has 2 aliphatic rings. The van der Waals surface area contributed by atoms with Crippen molar-refractivity contribution in [2.45, 2.75) is 0 Å². The number of hydrogen-bond acceptors (Lipinski definition) is 2. The molecule has 2 rings (SSSR count). The number of hydrogen-bond donors (Lipinski definition) is 1. The highest BCUT2D eigenvalue weighted by molar-refractivity contribution is 4.63. The first-order chi connectivity index (χ1) is 3.31. The summed E-state index contributed by atoms with van der Waals surface area (Å²) in [7, 11) is 0. The van der Waals surface area contributed by atoms with Crippen molar-refractivity contribution in [3.05, 3.63) is 0 Å². The molecule has 3 heteroatoms. The second kappa shape index (κ2) is 0.844. The van der Waals surface area contributed by atoms with Gasteiger partial charge in [-0.15, -0.1) is 5.01 Å². The SMILES string of the molecule is N[N+]12CCN1CC2. The summed E-state index contributed by atoms with van der Waals surface area (Å²) >= 11 is 0. The van der Waals surface area contributed by atoms with Crippen molar-refractivity contribution in [3.8, 4) is 0 Å². The lowest BCUT2D eigenvalue weighted by Crippen LogP contribution is -2.85. The Morgan fingerprint density at radius 2 is 1.71 bits per heavy atom. The van der Waals surface area contributed by atoms with Crippen molar-refractivity contribution in [1.29, 1.82) is 0 Å². The van der Waals surface area contributed by atoms with Crippen LogP contribution < -0.4 is 5.84 Å². The van der Waals surface area contributed by atoms with E-state index in [9.17, 15) is 0 Å². The lowest BCUT2D eigenvalue weighted by atomic mass is 10.2. The third kappa shape index (κ3) is 0.277. The Labute approximate surface area is 42.8 Å². The smallest absolute Gasteiger partial charge is 0.133 e. The zero-order chi connectivity index (χ0) is 4.91. The minimum Gasteiger partial charge on any atom is -0.168 e. The summed E-state index contributed by atoms with van der Waals surface area (Å²) in [6.07, 6.45) is 0. The summed E-state index contributed by atoms with van der Waals surface area (Å²) in [6.45, 7) is 4.77. The van der Waals surface area contributed by atoms with Crippen LogP contribution in [-0.2, 0) is 0 Å². The molecule has 0 aromatic heterocycles. The van der Waals surface area contributed by atoms with E-state index < -0.39 is 0 Å².